The van der Waals surface area contributed by atoms with Gasteiger partial charge in [0.2, 0.25) is 11.9 Å². The summed E-state index contributed by atoms with van der Waals surface area (Å²) in [5, 5.41) is 0.498. The quantitative estimate of drug-likeness (QED) is 0.295. The number of fused-ring (bicyclic) bond motifs is 3. The van der Waals surface area contributed by atoms with Crippen molar-refractivity contribution in [3.63, 3.8) is 0 Å². The number of anilines is 1. The molecule has 0 saturated heterocycles. The van der Waals surface area contributed by atoms with Gasteiger partial charge < -0.3 is 9.30 Å². The van der Waals surface area contributed by atoms with Crippen molar-refractivity contribution >= 4 is 40.5 Å². The number of unbranched alkanes of at least 4 members (excludes halogenated alkanes) is 2. The number of aromatic nitrogens is 2. The Balaban J connectivity index is 1.96. The number of imidazole rings is 1. The number of ether oxygens (including phenoxy) is 1. The molecule has 1 aliphatic heterocycles. The highest BCUT2D eigenvalue weighted by molar-refractivity contribution is 6.31. The molecule has 1 amide bonds. The summed E-state index contributed by atoms with van der Waals surface area (Å²) in [5.41, 5.74) is 2.32. The van der Waals surface area contributed by atoms with Gasteiger partial charge in [0.05, 0.1) is 23.7 Å². The predicted octanol–water partition coefficient (Wildman–Crippen LogP) is 5.00. The maximum atomic E-state index is 13.7. The lowest BCUT2D eigenvalue weighted by molar-refractivity contribution is -0.153. The maximum absolute atomic E-state index is 13.7. The summed E-state index contributed by atoms with van der Waals surface area (Å²) in [6.45, 7) is 4.56. The van der Waals surface area contributed by atoms with Gasteiger partial charge in [-0.15, -0.1) is 0 Å². The van der Waals surface area contributed by atoms with Crippen molar-refractivity contribution in [3.8, 4) is 0 Å². The van der Waals surface area contributed by atoms with Crippen LogP contribution in [0, 0.1) is 5.92 Å². The third-order valence-electron chi connectivity index (χ3n) is 5.69. The molecular formula is C24H26ClN3O3. The van der Waals surface area contributed by atoms with Crippen LogP contribution in [0.1, 0.15) is 44.7 Å². The van der Waals surface area contributed by atoms with Crippen LogP contribution in [0.4, 0.5) is 5.95 Å². The molecule has 0 radical (unpaired) electrons. The highest BCUT2D eigenvalue weighted by Gasteiger charge is 2.48. The van der Waals surface area contributed by atoms with Crippen LogP contribution in [0.5, 0.6) is 0 Å². The van der Waals surface area contributed by atoms with Gasteiger partial charge in [0.15, 0.2) is 5.92 Å². The summed E-state index contributed by atoms with van der Waals surface area (Å²) in [5.74, 6) is -1.32. The smallest absolute Gasteiger partial charge is 0.321 e. The molecule has 0 saturated carbocycles. The van der Waals surface area contributed by atoms with Crippen LogP contribution in [-0.4, -0.2) is 34.6 Å². The molecule has 2 atom stereocenters. The molecule has 0 bridgehead atoms. The molecule has 2 unspecified atom stereocenters. The van der Waals surface area contributed by atoms with E-state index in [1.807, 2.05) is 47.0 Å². The third-order valence-corrected chi connectivity index (χ3v) is 6.04. The fourth-order valence-electron chi connectivity index (χ4n) is 4.27. The number of carbonyl (C=O) groups is 2. The second-order valence-electron chi connectivity index (χ2n) is 7.66. The lowest BCUT2D eigenvalue weighted by atomic mass is 9.89. The Bertz CT molecular complexity index is 1110. The maximum Gasteiger partial charge on any atom is 0.321 e. The number of rotatable bonds is 7. The molecule has 0 aliphatic carbocycles. The number of hydrogen-bond acceptors (Lipinski definition) is 4. The predicted molar refractivity (Wildman–Crippen MR) is 121 cm³/mol. The molecule has 31 heavy (non-hydrogen) atoms. The number of benzene rings is 2. The van der Waals surface area contributed by atoms with Crippen LogP contribution in [0.2, 0.25) is 5.02 Å². The minimum absolute atomic E-state index is 0.200. The number of esters is 1. The van der Waals surface area contributed by atoms with Crippen molar-refractivity contribution in [1.29, 1.82) is 0 Å². The molecule has 0 spiro atoms. The van der Waals surface area contributed by atoms with Crippen LogP contribution in [0.15, 0.2) is 48.5 Å². The van der Waals surface area contributed by atoms with Crippen molar-refractivity contribution in [2.75, 3.05) is 18.1 Å². The lowest BCUT2D eigenvalue weighted by Crippen LogP contribution is -2.50. The monoisotopic (exact) mass is 439 g/mol. The van der Waals surface area contributed by atoms with Crippen LogP contribution in [0.25, 0.3) is 11.0 Å². The van der Waals surface area contributed by atoms with Gasteiger partial charge in [-0.1, -0.05) is 61.7 Å². The van der Waals surface area contributed by atoms with Gasteiger partial charge in [0.1, 0.15) is 0 Å². The highest BCUT2D eigenvalue weighted by Crippen LogP contribution is 2.43. The first-order valence-corrected chi connectivity index (χ1v) is 11.2. The standard InChI is InChI=1S/C24H26ClN3O3/c1-3-5-10-15-27-22(29)20(23(30)31-4-2)21(16-11-6-7-12-17(16)25)28-19-14-9-8-13-18(19)26-24(27)28/h6-9,11-14,20-21H,3-5,10,15H2,1-2H3. The van der Waals surface area contributed by atoms with Gasteiger partial charge in [-0.05, 0) is 37.1 Å². The average Bonchev–Trinajstić information content (AvgIpc) is 3.14. The summed E-state index contributed by atoms with van der Waals surface area (Å²) < 4.78 is 7.34. The van der Waals surface area contributed by atoms with Crippen LogP contribution in [-0.2, 0) is 14.3 Å². The number of hydrogen-bond donors (Lipinski definition) is 0. The number of nitrogens with zero attached hydrogens (tertiary/aromatic N) is 3. The summed E-state index contributed by atoms with van der Waals surface area (Å²) >= 11 is 6.57. The van der Waals surface area contributed by atoms with Gasteiger partial charge in [0.25, 0.3) is 0 Å². The summed E-state index contributed by atoms with van der Waals surface area (Å²) in [7, 11) is 0. The fraction of sp³-hybridized carbons (Fsp3) is 0.375. The molecule has 4 rings (SSSR count). The Hall–Kier alpha value is -2.86. The number of halogens is 1. The fourth-order valence-corrected chi connectivity index (χ4v) is 4.52. The minimum Gasteiger partial charge on any atom is -0.465 e. The lowest BCUT2D eigenvalue weighted by Gasteiger charge is -2.38. The van der Waals surface area contributed by atoms with E-state index in [9.17, 15) is 9.59 Å². The second-order valence-corrected chi connectivity index (χ2v) is 8.07. The van der Waals surface area contributed by atoms with E-state index in [1.165, 1.54) is 0 Å². The van der Waals surface area contributed by atoms with E-state index in [2.05, 4.69) is 6.92 Å². The first-order chi connectivity index (χ1) is 15.1. The molecule has 0 N–H and O–H groups in total. The molecule has 3 aromatic rings. The minimum atomic E-state index is -1.04. The largest absolute Gasteiger partial charge is 0.465 e. The zero-order valence-electron chi connectivity index (χ0n) is 17.8. The Morgan fingerprint density at radius 3 is 2.58 bits per heavy atom. The molecule has 1 aliphatic rings. The molecule has 0 fully saturated rings. The topological polar surface area (TPSA) is 64.4 Å². The summed E-state index contributed by atoms with van der Waals surface area (Å²) in [6, 6.07) is 14.4. The number of carbonyl (C=O) groups excluding carboxylic acids is 2. The van der Waals surface area contributed by atoms with E-state index in [1.54, 1.807) is 17.9 Å². The zero-order chi connectivity index (χ0) is 22.0. The van der Waals surface area contributed by atoms with E-state index < -0.39 is 17.9 Å². The van der Waals surface area contributed by atoms with E-state index in [4.69, 9.17) is 21.3 Å². The summed E-state index contributed by atoms with van der Waals surface area (Å²) in [6.07, 6.45) is 2.85. The highest BCUT2D eigenvalue weighted by atomic mass is 35.5. The second kappa shape index (κ2) is 9.10. The van der Waals surface area contributed by atoms with Crippen molar-refractivity contribution in [3.05, 3.63) is 59.1 Å². The molecule has 2 aromatic carbocycles. The zero-order valence-corrected chi connectivity index (χ0v) is 18.5. The van der Waals surface area contributed by atoms with Gasteiger partial charge in [-0.3, -0.25) is 14.5 Å². The Labute approximate surface area is 186 Å². The van der Waals surface area contributed by atoms with Gasteiger partial charge >= 0.3 is 5.97 Å². The molecule has 2 heterocycles. The first kappa shape index (κ1) is 21.4. The average molecular weight is 440 g/mol. The number of para-hydroxylation sites is 2. The normalized spacial score (nSPS) is 18.3. The van der Waals surface area contributed by atoms with E-state index in [0.717, 1.165) is 30.3 Å². The molecular weight excluding hydrogens is 414 g/mol. The van der Waals surface area contributed by atoms with E-state index in [-0.39, 0.29) is 12.5 Å². The Morgan fingerprint density at radius 1 is 1.10 bits per heavy atom. The molecule has 162 valence electrons. The molecule has 1 aromatic heterocycles. The molecule has 7 heteroatoms. The van der Waals surface area contributed by atoms with Crippen LogP contribution < -0.4 is 4.90 Å². The van der Waals surface area contributed by atoms with Crippen LogP contribution >= 0.6 is 11.6 Å². The van der Waals surface area contributed by atoms with Crippen molar-refractivity contribution < 1.29 is 14.3 Å². The van der Waals surface area contributed by atoms with E-state index >= 15 is 0 Å². The Morgan fingerprint density at radius 2 is 1.84 bits per heavy atom. The van der Waals surface area contributed by atoms with Crippen LogP contribution in [0.3, 0.4) is 0 Å². The van der Waals surface area contributed by atoms with Gasteiger partial charge in [-0.25, -0.2) is 4.98 Å². The third kappa shape index (κ3) is 3.81. The summed E-state index contributed by atoms with van der Waals surface area (Å²) in [4.78, 5) is 33.2. The Kier molecular flexibility index (Phi) is 6.28. The van der Waals surface area contributed by atoms with Crippen molar-refractivity contribution in [1.82, 2.24) is 9.55 Å². The van der Waals surface area contributed by atoms with Crippen molar-refractivity contribution in [2.45, 2.75) is 39.2 Å². The van der Waals surface area contributed by atoms with Crippen molar-refractivity contribution in [2.24, 2.45) is 5.92 Å². The van der Waals surface area contributed by atoms with Gasteiger partial charge in [-0.2, -0.15) is 0 Å². The van der Waals surface area contributed by atoms with Gasteiger partial charge in [0, 0.05) is 11.6 Å². The first-order valence-electron chi connectivity index (χ1n) is 10.8. The van der Waals surface area contributed by atoms with E-state index in [0.29, 0.717) is 23.1 Å². The SMILES string of the molecule is CCCCCN1C(=O)C(C(=O)OCC)C(c2ccccc2Cl)n2c1nc1ccccc12. The molecule has 6 nitrogen and oxygen atoms in total. The number of amides is 1.